The maximum absolute atomic E-state index is 12.3. The summed E-state index contributed by atoms with van der Waals surface area (Å²) in [5.41, 5.74) is 3.07. The standard InChI is InChI=1S/C20H30N2O2/c1-20(2)10-7-15-5-3-4-6-17(15)18(13-20)21-14-19(23)22-16-8-11-24-12-9-16/h3-6,16,18,21H,7-14H2,1-2H3,(H,22,23). The third-order valence-corrected chi connectivity index (χ3v) is 5.35. The van der Waals surface area contributed by atoms with Crippen LogP contribution in [0.15, 0.2) is 24.3 Å². The Balaban J connectivity index is 1.61. The van der Waals surface area contributed by atoms with Gasteiger partial charge in [-0.3, -0.25) is 4.79 Å². The molecule has 1 aromatic carbocycles. The lowest BCUT2D eigenvalue weighted by Gasteiger charge is -2.28. The predicted molar refractivity (Wildman–Crippen MR) is 95.9 cm³/mol. The van der Waals surface area contributed by atoms with Gasteiger partial charge in [0.25, 0.3) is 0 Å². The molecule has 24 heavy (non-hydrogen) atoms. The summed E-state index contributed by atoms with van der Waals surface area (Å²) in [6.07, 6.45) is 5.22. The van der Waals surface area contributed by atoms with Crippen molar-refractivity contribution in [3.8, 4) is 0 Å². The van der Waals surface area contributed by atoms with E-state index in [4.69, 9.17) is 4.74 Å². The zero-order valence-corrected chi connectivity index (χ0v) is 14.9. The van der Waals surface area contributed by atoms with E-state index in [1.165, 1.54) is 17.5 Å². The molecule has 4 heteroatoms. The van der Waals surface area contributed by atoms with Gasteiger partial charge in [0, 0.05) is 25.3 Å². The number of carbonyl (C=O) groups excluding carboxylic acids is 1. The lowest BCUT2D eigenvalue weighted by Crippen LogP contribution is -2.43. The first-order valence-corrected chi connectivity index (χ1v) is 9.22. The molecule has 1 aliphatic carbocycles. The highest BCUT2D eigenvalue weighted by Crippen LogP contribution is 2.39. The minimum absolute atomic E-state index is 0.0986. The van der Waals surface area contributed by atoms with Crippen LogP contribution in [0.3, 0.4) is 0 Å². The number of benzene rings is 1. The lowest BCUT2D eigenvalue weighted by atomic mass is 9.83. The number of hydrogen-bond acceptors (Lipinski definition) is 3. The molecule has 0 saturated carbocycles. The fraction of sp³-hybridized carbons (Fsp3) is 0.650. The van der Waals surface area contributed by atoms with Gasteiger partial charge in [-0.25, -0.2) is 0 Å². The first kappa shape index (κ1) is 17.4. The van der Waals surface area contributed by atoms with Gasteiger partial charge < -0.3 is 15.4 Å². The fourth-order valence-corrected chi connectivity index (χ4v) is 3.86. The Morgan fingerprint density at radius 2 is 2.00 bits per heavy atom. The van der Waals surface area contributed by atoms with Gasteiger partial charge in [0.05, 0.1) is 6.54 Å². The molecule has 1 amide bonds. The van der Waals surface area contributed by atoms with Crippen molar-refractivity contribution in [2.24, 2.45) is 5.41 Å². The molecule has 1 atom stereocenters. The van der Waals surface area contributed by atoms with E-state index in [0.29, 0.717) is 6.54 Å². The minimum atomic E-state index is 0.0986. The highest BCUT2D eigenvalue weighted by Gasteiger charge is 2.29. The Hall–Kier alpha value is -1.39. The highest BCUT2D eigenvalue weighted by atomic mass is 16.5. The lowest BCUT2D eigenvalue weighted by molar-refractivity contribution is -0.121. The van der Waals surface area contributed by atoms with Gasteiger partial charge in [-0.2, -0.15) is 0 Å². The van der Waals surface area contributed by atoms with E-state index in [2.05, 4.69) is 48.7 Å². The molecular weight excluding hydrogens is 300 g/mol. The number of carbonyl (C=O) groups is 1. The normalized spacial score (nSPS) is 24.0. The second-order valence-electron chi connectivity index (χ2n) is 7.95. The fourth-order valence-electron chi connectivity index (χ4n) is 3.86. The molecule has 0 bridgehead atoms. The van der Waals surface area contributed by atoms with Gasteiger partial charge in [-0.05, 0) is 48.6 Å². The molecule has 1 aliphatic heterocycles. The summed E-state index contributed by atoms with van der Waals surface area (Å²) in [6, 6.07) is 9.18. The first-order valence-electron chi connectivity index (χ1n) is 9.22. The van der Waals surface area contributed by atoms with E-state index in [1.54, 1.807) is 0 Å². The van der Waals surface area contributed by atoms with E-state index in [-0.39, 0.29) is 23.4 Å². The molecule has 4 nitrogen and oxygen atoms in total. The second kappa shape index (κ2) is 7.66. The molecule has 1 heterocycles. The van der Waals surface area contributed by atoms with Gasteiger partial charge in [0.1, 0.15) is 0 Å². The number of hydrogen-bond donors (Lipinski definition) is 2. The van der Waals surface area contributed by atoms with Crippen LogP contribution in [0.25, 0.3) is 0 Å². The molecule has 132 valence electrons. The number of amides is 1. The van der Waals surface area contributed by atoms with Crippen molar-refractivity contribution >= 4 is 5.91 Å². The van der Waals surface area contributed by atoms with Crippen LogP contribution in [0.5, 0.6) is 0 Å². The van der Waals surface area contributed by atoms with Crippen LogP contribution >= 0.6 is 0 Å². The van der Waals surface area contributed by atoms with Crippen molar-refractivity contribution in [2.45, 2.75) is 58.0 Å². The molecule has 2 N–H and O–H groups in total. The van der Waals surface area contributed by atoms with Crippen molar-refractivity contribution in [1.29, 1.82) is 0 Å². The Labute approximate surface area is 145 Å². The van der Waals surface area contributed by atoms with Crippen molar-refractivity contribution < 1.29 is 9.53 Å². The zero-order chi connectivity index (χ0) is 17.0. The third kappa shape index (κ3) is 4.58. The van der Waals surface area contributed by atoms with E-state index < -0.39 is 0 Å². The van der Waals surface area contributed by atoms with Crippen molar-refractivity contribution in [1.82, 2.24) is 10.6 Å². The summed E-state index contributed by atoms with van der Waals surface area (Å²) in [5, 5.41) is 6.66. The molecule has 0 radical (unpaired) electrons. The molecule has 2 aliphatic rings. The predicted octanol–water partition coefficient (Wildman–Crippen LogP) is 2.98. The van der Waals surface area contributed by atoms with Crippen molar-refractivity contribution in [3.05, 3.63) is 35.4 Å². The maximum Gasteiger partial charge on any atom is 0.234 e. The number of ether oxygens (including phenoxy) is 1. The topological polar surface area (TPSA) is 50.4 Å². The van der Waals surface area contributed by atoms with Crippen LogP contribution in [0.2, 0.25) is 0 Å². The average Bonchev–Trinajstić information content (AvgIpc) is 2.70. The molecule has 1 saturated heterocycles. The molecule has 1 fully saturated rings. The largest absolute Gasteiger partial charge is 0.381 e. The van der Waals surface area contributed by atoms with Gasteiger partial charge in [-0.1, -0.05) is 38.1 Å². The maximum atomic E-state index is 12.3. The summed E-state index contributed by atoms with van der Waals surface area (Å²) in [5.74, 6) is 0.0986. The molecule has 1 aromatic rings. The summed E-state index contributed by atoms with van der Waals surface area (Å²) in [7, 11) is 0. The quantitative estimate of drug-likeness (QED) is 0.835. The van der Waals surface area contributed by atoms with Crippen LogP contribution in [0.4, 0.5) is 0 Å². The first-order chi connectivity index (χ1) is 11.5. The zero-order valence-electron chi connectivity index (χ0n) is 14.9. The smallest absolute Gasteiger partial charge is 0.234 e. The highest BCUT2D eigenvalue weighted by molar-refractivity contribution is 5.78. The molecule has 3 rings (SSSR count). The van der Waals surface area contributed by atoms with Gasteiger partial charge in [-0.15, -0.1) is 0 Å². The Kier molecular flexibility index (Phi) is 5.57. The third-order valence-electron chi connectivity index (χ3n) is 5.35. The SMILES string of the molecule is CC1(C)CCc2ccccc2C(NCC(=O)NC2CCOCC2)C1. The van der Waals surface area contributed by atoms with E-state index >= 15 is 0 Å². The van der Waals surface area contributed by atoms with Crippen molar-refractivity contribution in [3.63, 3.8) is 0 Å². The van der Waals surface area contributed by atoms with E-state index in [9.17, 15) is 4.79 Å². The van der Waals surface area contributed by atoms with Crippen LogP contribution < -0.4 is 10.6 Å². The van der Waals surface area contributed by atoms with Gasteiger partial charge in [0.15, 0.2) is 0 Å². The number of fused-ring (bicyclic) bond motifs is 1. The number of rotatable bonds is 4. The summed E-state index contributed by atoms with van der Waals surface area (Å²) in [6.45, 7) is 6.54. The number of nitrogens with one attached hydrogen (secondary N) is 2. The molecule has 0 aromatic heterocycles. The van der Waals surface area contributed by atoms with Gasteiger partial charge >= 0.3 is 0 Å². The van der Waals surface area contributed by atoms with Crippen molar-refractivity contribution in [2.75, 3.05) is 19.8 Å². The van der Waals surface area contributed by atoms with E-state index in [0.717, 1.165) is 38.9 Å². The van der Waals surface area contributed by atoms with Gasteiger partial charge in [0.2, 0.25) is 5.91 Å². The average molecular weight is 330 g/mol. The second-order valence-corrected chi connectivity index (χ2v) is 7.95. The van der Waals surface area contributed by atoms with Crippen LogP contribution in [0.1, 0.15) is 56.7 Å². The summed E-state index contributed by atoms with van der Waals surface area (Å²) >= 11 is 0. The Morgan fingerprint density at radius 1 is 1.25 bits per heavy atom. The summed E-state index contributed by atoms with van der Waals surface area (Å²) < 4.78 is 5.35. The molecule has 0 spiro atoms. The minimum Gasteiger partial charge on any atom is -0.381 e. The van der Waals surface area contributed by atoms with E-state index in [1.807, 2.05) is 0 Å². The Bertz CT molecular complexity index is 565. The van der Waals surface area contributed by atoms with Crippen LogP contribution in [-0.2, 0) is 16.0 Å². The monoisotopic (exact) mass is 330 g/mol. The summed E-state index contributed by atoms with van der Waals surface area (Å²) in [4.78, 5) is 12.3. The number of aryl methyl sites for hydroxylation is 1. The molecule has 1 unspecified atom stereocenters. The molecular formula is C20H30N2O2. The van der Waals surface area contributed by atoms with Crippen LogP contribution in [-0.4, -0.2) is 31.7 Å². The van der Waals surface area contributed by atoms with Crippen LogP contribution in [0, 0.1) is 5.41 Å². The Morgan fingerprint density at radius 3 is 2.79 bits per heavy atom.